The fraction of sp³-hybridized carbons (Fsp3) is 0.667. The van der Waals surface area contributed by atoms with Crippen LogP contribution in [-0.4, -0.2) is 63.1 Å². The minimum atomic E-state index is 0. The van der Waals surface area contributed by atoms with E-state index >= 15 is 0 Å². The minimum Gasteiger partial charge on any atom is -0.357 e. The van der Waals surface area contributed by atoms with Gasteiger partial charge < -0.3 is 19.6 Å². The van der Waals surface area contributed by atoms with Gasteiger partial charge in [0.05, 0.1) is 0 Å². The van der Waals surface area contributed by atoms with Crippen LogP contribution in [0, 0.1) is 6.92 Å². The molecule has 9 nitrogen and oxygen atoms in total. The Balaban J connectivity index is 0.00000243. The quantitative estimate of drug-likeness (QED) is 0.383. The first kappa shape index (κ1) is 20.8. The molecule has 1 N–H and O–H groups in total. The van der Waals surface area contributed by atoms with Crippen molar-refractivity contribution in [3.05, 3.63) is 17.5 Å². The van der Waals surface area contributed by atoms with Crippen molar-refractivity contribution < 1.29 is 4.52 Å². The standard InChI is InChI=1S/C15H24N8OS.HI/c1-4-12-19-15(25-21-12)23-8-6-22(7-9-23)14(16-5-2)17-10-13-18-11(3)24-20-13;/h4-10H2,1-3H3,(H,16,17);1H. The molecule has 1 saturated heterocycles. The molecule has 3 heterocycles. The number of aromatic nitrogens is 4. The summed E-state index contributed by atoms with van der Waals surface area (Å²) in [5.74, 6) is 2.98. The molecule has 0 amide bonds. The zero-order valence-electron chi connectivity index (χ0n) is 15.3. The zero-order chi connectivity index (χ0) is 17.6. The highest BCUT2D eigenvalue weighted by Gasteiger charge is 2.22. The summed E-state index contributed by atoms with van der Waals surface area (Å²) in [6.07, 6.45) is 0.878. The summed E-state index contributed by atoms with van der Waals surface area (Å²) in [7, 11) is 0. The fourth-order valence-corrected chi connectivity index (χ4v) is 3.40. The predicted octanol–water partition coefficient (Wildman–Crippen LogP) is 1.70. The number of guanidine groups is 1. The molecule has 0 bridgehead atoms. The lowest BCUT2D eigenvalue weighted by Crippen LogP contribution is -2.52. The van der Waals surface area contributed by atoms with Crippen LogP contribution in [0.1, 0.15) is 31.4 Å². The Morgan fingerprint density at radius 2 is 1.96 bits per heavy atom. The van der Waals surface area contributed by atoms with Gasteiger partial charge in [-0.1, -0.05) is 12.1 Å². The van der Waals surface area contributed by atoms with Gasteiger partial charge in [0.2, 0.25) is 11.0 Å². The third kappa shape index (κ3) is 5.25. The Morgan fingerprint density at radius 3 is 2.54 bits per heavy atom. The topological polar surface area (TPSA) is 95.6 Å². The molecular formula is C15H25IN8OS. The first-order valence-electron chi connectivity index (χ1n) is 8.59. The van der Waals surface area contributed by atoms with E-state index in [0.717, 1.165) is 56.1 Å². The van der Waals surface area contributed by atoms with E-state index in [1.54, 1.807) is 6.92 Å². The molecule has 0 saturated carbocycles. The number of aliphatic imine (C=N–C) groups is 1. The molecule has 1 aliphatic heterocycles. The number of aryl methyl sites for hydroxylation is 2. The second-order valence-electron chi connectivity index (χ2n) is 5.72. The maximum Gasteiger partial charge on any atom is 0.223 e. The molecule has 2 aromatic rings. The smallest absolute Gasteiger partial charge is 0.223 e. The van der Waals surface area contributed by atoms with Gasteiger partial charge in [-0.05, 0) is 6.92 Å². The summed E-state index contributed by atoms with van der Waals surface area (Å²) < 4.78 is 9.37. The van der Waals surface area contributed by atoms with Gasteiger partial charge in [-0.15, -0.1) is 24.0 Å². The molecule has 1 aliphatic rings. The number of anilines is 1. The van der Waals surface area contributed by atoms with Crippen LogP contribution in [-0.2, 0) is 13.0 Å². The third-order valence-electron chi connectivity index (χ3n) is 3.90. The number of halogens is 1. The van der Waals surface area contributed by atoms with Gasteiger partial charge >= 0.3 is 0 Å². The molecule has 0 unspecified atom stereocenters. The lowest BCUT2D eigenvalue weighted by atomic mass is 10.3. The van der Waals surface area contributed by atoms with Gasteiger partial charge in [0.25, 0.3) is 0 Å². The monoisotopic (exact) mass is 492 g/mol. The van der Waals surface area contributed by atoms with E-state index in [4.69, 9.17) is 4.52 Å². The van der Waals surface area contributed by atoms with E-state index in [0.29, 0.717) is 18.3 Å². The van der Waals surface area contributed by atoms with E-state index in [1.807, 2.05) is 0 Å². The van der Waals surface area contributed by atoms with Gasteiger partial charge in [-0.3, -0.25) is 0 Å². The highest BCUT2D eigenvalue weighted by Crippen LogP contribution is 2.19. The van der Waals surface area contributed by atoms with Gasteiger partial charge in [-0.25, -0.2) is 9.98 Å². The van der Waals surface area contributed by atoms with Crippen LogP contribution < -0.4 is 10.2 Å². The molecule has 0 aromatic carbocycles. The summed E-state index contributed by atoms with van der Waals surface area (Å²) in [5.41, 5.74) is 0. The average Bonchev–Trinajstić information content (AvgIpc) is 3.27. The van der Waals surface area contributed by atoms with Crippen molar-refractivity contribution in [3.8, 4) is 0 Å². The van der Waals surface area contributed by atoms with Crippen LogP contribution in [0.15, 0.2) is 9.52 Å². The Morgan fingerprint density at radius 1 is 1.19 bits per heavy atom. The van der Waals surface area contributed by atoms with Crippen molar-refractivity contribution in [1.29, 1.82) is 0 Å². The molecule has 0 aliphatic carbocycles. The van der Waals surface area contributed by atoms with Crippen molar-refractivity contribution in [3.63, 3.8) is 0 Å². The molecular weight excluding hydrogens is 467 g/mol. The minimum absolute atomic E-state index is 0. The number of nitrogens with one attached hydrogen (secondary N) is 1. The Bertz CT molecular complexity index is 710. The molecule has 1 fully saturated rings. The van der Waals surface area contributed by atoms with Crippen molar-refractivity contribution >= 4 is 46.6 Å². The molecule has 0 radical (unpaired) electrons. The molecule has 11 heteroatoms. The molecule has 0 atom stereocenters. The van der Waals surface area contributed by atoms with E-state index in [1.165, 1.54) is 11.5 Å². The molecule has 3 rings (SSSR count). The van der Waals surface area contributed by atoms with Gasteiger partial charge in [0.15, 0.2) is 11.8 Å². The van der Waals surface area contributed by atoms with Crippen molar-refractivity contribution in [2.45, 2.75) is 33.7 Å². The number of hydrogen-bond acceptors (Lipinski definition) is 8. The van der Waals surface area contributed by atoms with Gasteiger partial charge in [0.1, 0.15) is 12.4 Å². The lowest BCUT2D eigenvalue weighted by Gasteiger charge is -2.36. The normalized spacial score (nSPS) is 15.1. The number of piperazine rings is 1. The van der Waals surface area contributed by atoms with E-state index in [9.17, 15) is 0 Å². The lowest BCUT2D eigenvalue weighted by molar-refractivity contribution is 0.371. The maximum absolute atomic E-state index is 4.99. The number of rotatable bonds is 5. The first-order valence-corrected chi connectivity index (χ1v) is 9.37. The SMILES string of the molecule is CCNC(=NCc1noc(C)n1)N1CCN(c2nc(CC)ns2)CC1.I. The highest BCUT2D eigenvalue weighted by atomic mass is 127. The Hall–Kier alpha value is -1.50. The summed E-state index contributed by atoms with van der Waals surface area (Å²) >= 11 is 1.48. The van der Waals surface area contributed by atoms with Crippen LogP contribution in [0.5, 0.6) is 0 Å². The summed E-state index contributed by atoms with van der Waals surface area (Å²) in [5, 5.41) is 8.25. The van der Waals surface area contributed by atoms with E-state index in [-0.39, 0.29) is 24.0 Å². The maximum atomic E-state index is 4.99. The van der Waals surface area contributed by atoms with Crippen molar-refractivity contribution in [2.75, 3.05) is 37.6 Å². The Kier molecular flexibility index (Phi) is 8.00. The van der Waals surface area contributed by atoms with Crippen LogP contribution in [0.3, 0.4) is 0 Å². The van der Waals surface area contributed by atoms with E-state index in [2.05, 4.69) is 53.5 Å². The molecule has 2 aromatic heterocycles. The van der Waals surface area contributed by atoms with Crippen molar-refractivity contribution in [2.24, 2.45) is 4.99 Å². The predicted molar refractivity (Wildman–Crippen MR) is 112 cm³/mol. The highest BCUT2D eigenvalue weighted by molar-refractivity contribution is 14.0. The van der Waals surface area contributed by atoms with E-state index < -0.39 is 0 Å². The first-order chi connectivity index (χ1) is 12.2. The summed E-state index contributed by atoms with van der Waals surface area (Å²) in [4.78, 5) is 18.0. The fourth-order valence-electron chi connectivity index (χ4n) is 2.60. The van der Waals surface area contributed by atoms with Crippen LogP contribution >= 0.6 is 35.5 Å². The third-order valence-corrected chi connectivity index (χ3v) is 4.71. The van der Waals surface area contributed by atoms with Crippen molar-refractivity contribution in [1.82, 2.24) is 29.7 Å². The summed E-state index contributed by atoms with van der Waals surface area (Å²) in [6, 6.07) is 0. The number of hydrogen-bond donors (Lipinski definition) is 1. The number of nitrogens with zero attached hydrogens (tertiary/aromatic N) is 7. The van der Waals surface area contributed by atoms with Gasteiger partial charge in [-0.2, -0.15) is 9.36 Å². The summed E-state index contributed by atoms with van der Waals surface area (Å²) in [6.45, 7) is 10.7. The second kappa shape index (κ2) is 10.00. The molecule has 0 spiro atoms. The Labute approximate surface area is 174 Å². The average molecular weight is 492 g/mol. The van der Waals surface area contributed by atoms with Crippen LogP contribution in [0.2, 0.25) is 0 Å². The largest absolute Gasteiger partial charge is 0.357 e. The van der Waals surface area contributed by atoms with Gasteiger partial charge in [0, 0.05) is 57.6 Å². The van der Waals surface area contributed by atoms with Crippen LogP contribution in [0.25, 0.3) is 0 Å². The molecule has 144 valence electrons. The zero-order valence-corrected chi connectivity index (χ0v) is 18.5. The van der Waals surface area contributed by atoms with Crippen LogP contribution in [0.4, 0.5) is 5.13 Å². The second-order valence-corrected chi connectivity index (χ2v) is 6.45. The molecule has 26 heavy (non-hydrogen) atoms.